The van der Waals surface area contributed by atoms with E-state index in [9.17, 15) is 0 Å². The van der Waals surface area contributed by atoms with Crippen LogP contribution in [-0.2, 0) is 16.0 Å². The number of H-pyrrole nitrogens is 1. The molecule has 2 fully saturated rings. The third kappa shape index (κ3) is 2.34. The molecule has 3 rings (SSSR count). The number of nitrogens with one attached hydrogen (secondary N) is 1. The summed E-state index contributed by atoms with van der Waals surface area (Å²) in [7, 11) is 0. The molecule has 0 saturated carbocycles. The smallest absolute Gasteiger partial charge is 0.170 e. The van der Waals surface area contributed by atoms with E-state index in [2.05, 4.69) is 20.1 Å². The molecule has 0 aliphatic carbocycles. The first kappa shape index (κ1) is 11.1. The van der Waals surface area contributed by atoms with Crippen molar-refractivity contribution in [3.63, 3.8) is 0 Å². The summed E-state index contributed by atoms with van der Waals surface area (Å²) in [6.45, 7) is 6.16. The summed E-state index contributed by atoms with van der Waals surface area (Å²) in [5.74, 6) is 1.45. The number of aryl methyl sites for hydroxylation is 1. The highest BCUT2D eigenvalue weighted by molar-refractivity contribution is 4.90. The molecule has 6 heteroatoms. The third-order valence-electron chi connectivity index (χ3n) is 3.44. The summed E-state index contributed by atoms with van der Waals surface area (Å²) in [6.07, 6.45) is 1.88. The van der Waals surface area contributed by atoms with Crippen molar-refractivity contribution >= 4 is 0 Å². The summed E-state index contributed by atoms with van der Waals surface area (Å²) in [5, 5.41) is 7.03. The molecule has 1 aromatic heterocycles. The number of piperidine rings is 1. The van der Waals surface area contributed by atoms with Crippen molar-refractivity contribution in [3.05, 3.63) is 11.6 Å². The second-order valence-corrected chi connectivity index (χ2v) is 4.72. The Morgan fingerprint density at radius 3 is 2.59 bits per heavy atom. The summed E-state index contributed by atoms with van der Waals surface area (Å²) >= 11 is 0. The Hall–Kier alpha value is -0.980. The minimum Gasteiger partial charge on any atom is -0.347 e. The Labute approximate surface area is 100 Å². The van der Waals surface area contributed by atoms with Crippen LogP contribution in [-0.4, -0.2) is 52.2 Å². The molecule has 94 valence electrons. The monoisotopic (exact) mass is 238 g/mol. The Balaban J connectivity index is 1.54. The molecule has 3 heterocycles. The van der Waals surface area contributed by atoms with Crippen LogP contribution in [0.25, 0.3) is 0 Å². The van der Waals surface area contributed by atoms with E-state index in [1.165, 1.54) is 0 Å². The lowest BCUT2D eigenvalue weighted by atomic mass is 10.0. The van der Waals surface area contributed by atoms with E-state index < -0.39 is 0 Å². The molecule has 0 radical (unpaired) electrons. The van der Waals surface area contributed by atoms with Gasteiger partial charge in [0.25, 0.3) is 0 Å². The van der Waals surface area contributed by atoms with Crippen molar-refractivity contribution in [3.8, 4) is 0 Å². The maximum atomic E-state index is 5.70. The molecule has 0 atom stereocenters. The number of ether oxygens (including phenoxy) is 2. The highest BCUT2D eigenvalue weighted by atomic mass is 16.7. The van der Waals surface area contributed by atoms with Gasteiger partial charge in [-0.2, -0.15) is 5.10 Å². The molecule has 6 nitrogen and oxygen atoms in total. The van der Waals surface area contributed by atoms with E-state index >= 15 is 0 Å². The molecule has 1 N–H and O–H groups in total. The zero-order valence-electron chi connectivity index (χ0n) is 10.1. The first-order valence-corrected chi connectivity index (χ1v) is 6.14. The number of rotatable bonds is 2. The largest absolute Gasteiger partial charge is 0.347 e. The van der Waals surface area contributed by atoms with Gasteiger partial charge < -0.3 is 9.47 Å². The van der Waals surface area contributed by atoms with Crippen LogP contribution in [0.3, 0.4) is 0 Å². The number of aromatic amines is 1. The van der Waals surface area contributed by atoms with E-state index in [-0.39, 0.29) is 5.79 Å². The molecule has 17 heavy (non-hydrogen) atoms. The van der Waals surface area contributed by atoms with Crippen LogP contribution in [0.15, 0.2) is 0 Å². The van der Waals surface area contributed by atoms with Crippen LogP contribution >= 0.6 is 0 Å². The van der Waals surface area contributed by atoms with Crippen molar-refractivity contribution in [2.45, 2.75) is 32.1 Å². The van der Waals surface area contributed by atoms with Gasteiger partial charge in [0.05, 0.1) is 19.8 Å². The fourth-order valence-corrected chi connectivity index (χ4v) is 2.50. The van der Waals surface area contributed by atoms with Gasteiger partial charge in [0.2, 0.25) is 0 Å². The molecule has 2 saturated heterocycles. The Kier molecular flexibility index (Phi) is 2.85. The number of likely N-dealkylation sites (tertiary alicyclic amines) is 1. The first-order chi connectivity index (χ1) is 8.26. The summed E-state index contributed by atoms with van der Waals surface area (Å²) in [6, 6.07) is 0. The zero-order valence-corrected chi connectivity index (χ0v) is 10.1. The van der Waals surface area contributed by atoms with Gasteiger partial charge in [0, 0.05) is 25.9 Å². The van der Waals surface area contributed by atoms with Crippen molar-refractivity contribution in [2.24, 2.45) is 0 Å². The van der Waals surface area contributed by atoms with Gasteiger partial charge in [-0.3, -0.25) is 10.00 Å². The lowest BCUT2D eigenvalue weighted by Crippen LogP contribution is -2.44. The number of hydrogen-bond donors (Lipinski definition) is 1. The van der Waals surface area contributed by atoms with E-state index in [0.29, 0.717) is 0 Å². The van der Waals surface area contributed by atoms with Gasteiger partial charge in [0.1, 0.15) is 5.82 Å². The van der Waals surface area contributed by atoms with E-state index in [0.717, 1.165) is 57.3 Å². The number of hydrogen-bond acceptors (Lipinski definition) is 5. The maximum Gasteiger partial charge on any atom is 0.170 e. The average Bonchev–Trinajstić information content (AvgIpc) is 2.93. The summed E-state index contributed by atoms with van der Waals surface area (Å²) < 4.78 is 11.4. The summed E-state index contributed by atoms with van der Waals surface area (Å²) in [5.41, 5.74) is 0. The Morgan fingerprint density at radius 1 is 1.29 bits per heavy atom. The molecular formula is C11H18N4O2. The number of nitrogens with zero attached hydrogens (tertiary/aromatic N) is 3. The maximum absolute atomic E-state index is 5.70. The first-order valence-electron chi connectivity index (χ1n) is 6.14. The zero-order chi connectivity index (χ0) is 11.7. The SMILES string of the molecule is Cc1nc(CN2CCC3(CC2)OCCO3)n[nH]1. The van der Waals surface area contributed by atoms with Crippen molar-refractivity contribution < 1.29 is 9.47 Å². The standard InChI is InChI=1S/C11H18N4O2/c1-9-12-10(14-13-9)8-15-4-2-11(3-5-15)16-6-7-17-11/h2-8H2,1H3,(H,12,13,14). The fraction of sp³-hybridized carbons (Fsp3) is 0.818. The molecule has 1 aromatic rings. The molecule has 0 bridgehead atoms. The van der Waals surface area contributed by atoms with Gasteiger partial charge in [-0.05, 0) is 6.92 Å². The fourth-order valence-electron chi connectivity index (χ4n) is 2.50. The molecule has 0 unspecified atom stereocenters. The van der Waals surface area contributed by atoms with Gasteiger partial charge in [-0.25, -0.2) is 4.98 Å². The van der Waals surface area contributed by atoms with Crippen molar-refractivity contribution in [1.29, 1.82) is 0 Å². The van der Waals surface area contributed by atoms with Crippen LogP contribution in [0, 0.1) is 6.92 Å². The lowest BCUT2D eigenvalue weighted by Gasteiger charge is -2.37. The quantitative estimate of drug-likeness (QED) is 0.810. The molecule has 1 spiro atoms. The number of aromatic nitrogens is 3. The normalized spacial score (nSPS) is 24.5. The lowest BCUT2D eigenvalue weighted by molar-refractivity contribution is -0.185. The van der Waals surface area contributed by atoms with Gasteiger partial charge >= 0.3 is 0 Å². The summed E-state index contributed by atoms with van der Waals surface area (Å²) in [4.78, 5) is 6.67. The Bertz CT molecular complexity index is 377. The van der Waals surface area contributed by atoms with E-state index in [4.69, 9.17) is 9.47 Å². The van der Waals surface area contributed by atoms with Gasteiger partial charge in [0.15, 0.2) is 11.6 Å². The average molecular weight is 238 g/mol. The van der Waals surface area contributed by atoms with Crippen LogP contribution in [0.2, 0.25) is 0 Å². The predicted molar refractivity (Wildman–Crippen MR) is 60.3 cm³/mol. The highest BCUT2D eigenvalue weighted by Gasteiger charge is 2.39. The predicted octanol–water partition coefficient (Wildman–Crippen LogP) is 0.452. The molecule has 0 aromatic carbocycles. The van der Waals surface area contributed by atoms with Crippen LogP contribution in [0.1, 0.15) is 24.5 Å². The topological polar surface area (TPSA) is 63.3 Å². The highest BCUT2D eigenvalue weighted by Crippen LogP contribution is 2.31. The third-order valence-corrected chi connectivity index (χ3v) is 3.44. The minimum atomic E-state index is -0.286. The van der Waals surface area contributed by atoms with Crippen LogP contribution in [0.4, 0.5) is 0 Å². The van der Waals surface area contributed by atoms with Gasteiger partial charge in [-0.15, -0.1) is 0 Å². The second kappa shape index (κ2) is 4.36. The molecule has 2 aliphatic rings. The van der Waals surface area contributed by atoms with E-state index in [1.54, 1.807) is 0 Å². The van der Waals surface area contributed by atoms with Crippen molar-refractivity contribution in [1.82, 2.24) is 20.1 Å². The van der Waals surface area contributed by atoms with Gasteiger partial charge in [-0.1, -0.05) is 0 Å². The van der Waals surface area contributed by atoms with Crippen molar-refractivity contribution in [2.75, 3.05) is 26.3 Å². The second-order valence-electron chi connectivity index (χ2n) is 4.72. The molecule has 0 amide bonds. The Morgan fingerprint density at radius 2 is 2.00 bits per heavy atom. The van der Waals surface area contributed by atoms with Crippen LogP contribution in [0.5, 0.6) is 0 Å². The van der Waals surface area contributed by atoms with Crippen LogP contribution < -0.4 is 0 Å². The minimum absolute atomic E-state index is 0.286. The molecular weight excluding hydrogens is 220 g/mol. The van der Waals surface area contributed by atoms with E-state index in [1.807, 2.05) is 6.92 Å². The molecule has 2 aliphatic heterocycles.